The molecule has 100 valence electrons. The van der Waals surface area contributed by atoms with Crippen LogP contribution in [0.1, 0.15) is 22.0 Å². The van der Waals surface area contributed by atoms with Gasteiger partial charge in [-0.25, -0.2) is 4.79 Å². The molecule has 0 radical (unpaired) electrons. The molecular weight excluding hydrogens is 244 g/mol. The van der Waals surface area contributed by atoms with Crippen molar-refractivity contribution >= 4 is 5.97 Å². The van der Waals surface area contributed by atoms with E-state index in [-0.39, 0.29) is 12.0 Å². The van der Waals surface area contributed by atoms with E-state index in [9.17, 15) is 10.1 Å². The highest BCUT2D eigenvalue weighted by Gasteiger charge is 2.22. The highest BCUT2D eigenvalue weighted by atomic mass is 16.5. The third-order valence-corrected chi connectivity index (χ3v) is 3.18. The van der Waals surface area contributed by atoms with Crippen LogP contribution in [0.3, 0.4) is 0 Å². The summed E-state index contributed by atoms with van der Waals surface area (Å²) in [6, 6.07) is 8.98. The van der Waals surface area contributed by atoms with Crippen molar-refractivity contribution in [1.29, 1.82) is 5.26 Å². The molecule has 0 bridgehead atoms. The minimum atomic E-state index is -0.369. The van der Waals surface area contributed by atoms with E-state index in [0.29, 0.717) is 18.8 Å². The molecule has 0 spiro atoms. The zero-order chi connectivity index (χ0) is 13.7. The van der Waals surface area contributed by atoms with E-state index in [0.717, 1.165) is 18.7 Å². The summed E-state index contributed by atoms with van der Waals surface area (Å²) in [5.74, 6) is -0.369. The molecule has 0 saturated carbocycles. The second kappa shape index (κ2) is 6.32. The van der Waals surface area contributed by atoms with Crippen LogP contribution in [0.2, 0.25) is 0 Å². The van der Waals surface area contributed by atoms with E-state index < -0.39 is 0 Å². The quantitative estimate of drug-likeness (QED) is 0.768. The largest absolute Gasteiger partial charge is 0.465 e. The number of methoxy groups -OCH3 is 1. The fourth-order valence-corrected chi connectivity index (χ4v) is 2.12. The number of morpholine rings is 1. The summed E-state index contributed by atoms with van der Waals surface area (Å²) in [5.41, 5.74) is 1.38. The molecule has 1 saturated heterocycles. The summed E-state index contributed by atoms with van der Waals surface area (Å²) < 4.78 is 9.93. The minimum Gasteiger partial charge on any atom is -0.465 e. The Morgan fingerprint density at radius 3 is 2.53 bits per heavy atom. The molecule has 0 amide bonds. The van der Waals surface area contributed by atoms with E-state index in [2.05, 4.69) is 15.7 Å². The first-order chi connectivity index (χ1) is 9.26. The molecule has 1 aromatic rings. The Labute approximate surface area is 112 Å². The summed E-state index contributed by atoms with van der Waals surface area (Å²) in [4.78, 5) is 13.4. The van der Waals surface area contributed by atoms with E-state index in [1.807, 2.05) is 0 Å². The first kappa shape index (κ1) is 13.5. The summed E-state index contributed by atoms with van der Waals surface area (Å²) in [5, 5.41) is 9.33. The van der Waals surface area contributed by atoms with Crippen LogP contribution in [0.25, 0.3) is 0 Å². The maximum atomic E-state index is 11.4. The Balaban J connectivity index is 2.15. The molecule has 0 N–H and O–H groups in total. The summed E-state index contributed by atoms with van der Waals surface area (Å²) in [7, 11) is 1.35. The van der Waals surface area contributed by atoms with Gasteiger partial charge in [0.25, 0.3) is 0 Å². The molecule has 1 heterocycles. The van der Waals surface area contributed by atoms with Gasteiger partial charge in [-0.3, -0.25) is 4.90 Å². The van der Waals surface area contributed by atoms with E-state index in [1.54, 1.807) is 24.3 Å². The smallest absolute Gasteiger partial charge is 0.337 e. The lowest BCUT2D eigenvalue weighted by Gasteiger charge is -2.30. The van der Waals surface area contributed by atoms with E-state index >= 15 is 0 Å². The van der Waals surface area contributed by atoms with Gasteiger partial charge in [-0.05, 0) is 17.7 Å². The highest BCUT2D eigenvalue weighted by molar-refractivity contribution is 5.89. The third-order valence-electron chi connectivity index (χ3n) is 3.18. The van der Waals surface area contributed by atoms with Gasteiger partial charge in [-0.15, -0.1) is 0 Å². The number of hydrogen-bond donors (Lipinski definition) is 0. The van der Waals surface area contributed by atoms with E-state index in [1.165, 1.54) is 7.11 Å². The number of esters is 1. The molecule has 1 unspecified atom stereocenters. The molecule has 1 aliphatic heterocycles. The van der Waals surface area contributed by atoms with Gasteiger partial charge in [0.15, 0.2) is 0 Å². The van der Waals surface area contributed by atoms with Gasteiger partial charge >= 0.3 is 5.97 Å². The van der Waals surface area contributed by atoms with Crippen molar-refractivity contribution in [3.63, 3.8) is 0 Å². The molecule has 5 heteroatoms. The van der Waals surface area contributed by atoms with Crippen LogP contribution in [0.15, 0.2) is 24.3 Å². The first-order valence-electron chi connectivity index (χ1n) is 6.16. The lowest BCUT2D eigenvalue weighted by Crippen LogP contribution is -2.38. The van der Waals surface area contributed by atoms with Crippen LogP contribution in [-0.4, -0.2) is 44.3 Å². The number of nitrogens with zero attached hydrogens (tertiary/aromatic N) is 2. The first-order valence-corrected chi connectivity index (χ1v) is 6.16. The van der Waals surface area contributed by atoms with Gasteiger partial charge in [-0.2, -0.15) is 5.26 Å². The molecule has 0 aromatic heterocycles. The lowest BCUT2D eigenvalue weighted by atomic mass is 10.0. The highest BCUT2D eigenvalue weighted by Crippen LogP contribution is 2.21. The van der Waals surface area contributed by atoms with Gasteiger partial charge in [0.2, 0.25) is 0 Å². The van der Waals surface area contributed by atoms with Crippen molar-refractivity contribution < 1.29 is 14.3 Å². The topological polar surface area (TPSA) is 62.6 Å². The Morgan fingerprint density at radius 2 is 2.00 bits per heavy atom. The number of rotatable bonds is 3. The standard InChI is InChI=1S/C14H16N2O3/c1-18-14(17)12-4-2-11(3-5-12)13(10-15)16-6-8-19-9-7-16/h2-5,13H,6-9H2,1H3. The summed E-state index contributed by atoms with van der Waals surface area (Å²) in [6.07, 6.45) is 0. The van der Waals surface area contributed by atoms with Crippen molar-refractivity contribution in [2.24, 2.45) is 0 Å². The molecule has 0 aliphatic carbocycles. The average molecular weight is 260 g/mol. The van der Waals surface area contributed by atoms with Crippen LogP contribution in [0, 0.1) is 11.3 Å². The zero-order valence-corrected chi connectivity index (χ0v) is 10.8. The van der Waals surface area contributed by atoms with Gasteiger partial charge in [0.1, 0.15) is 6.04 Å². The van der Waals surface area contributed by atoms with Gasteiger partial charge < -0.3 is 9.47 Å². The molecule has 2 rings (SSSR count). The number of ether oxygens (including phenoxy) is 2. The van der Waals surface area contributed by atoms with E-state index in [4.69, 9.17) is 4.74 Å². The maximum Gasteiger partial charge on any atom is 0.337 e. The second-order valence-electron chi connectivity index (χ2n) is 4.29. The minimum absolute atomic E-state index is 0.296. The van der Waals surface area contributed by atoms with Crippen molar-refractivity contribution in [2.75, 3.05) is 33.4 Å². The van der Waals surface area contributed by atoms with Gasteiger partial charge in [-0.1, -0.05) is 12.1 Å². The number of nitriles is 1. The van der Waals surface area contributed by atoms with Crippen molar-refractivity contribution in [1.82, 2.24) is 4.90 Å². The molecule has 19 heavy (non-hydrogen) atoms. The predicted octanol–water partition coefficient (Wildman–Crippen LogP) is 1.37. The molecular formula is C14H16N2O3. The number of benzene rings is 1. The third kappa shape index (κ3) is 3.11. The molecule has 1 aromatic carbocycles. The zero-order valence-electron chi connectivity index (χ0n) is 10.8. The summed E-state index contributed by atoms with van der Waals surface area (Å²) >= 11 is 0. The number of hydrogen-bond acceptors (Lipinski definition) is 5. The SMILES string of the molecule is COC(=O)c1ccc(C(C#N)N2CCOCC2)cc1. The molecule has 1 fully saturated rings. The van der Waals surface area contributed by atoms with Crippen molar-refractivity contribution in [2.45, 2.75) is 6.04 Å². The van der Waals surface area contributed by atoms with Gasteiger partial charge in [0.05, 0.1) is 32.0 Å². The van der Waals surface area contributed by atoms with Crippen molar-refractivity contribution in [3.8, 4) is 6.07 Å². The number of carbonyl (C=O) groups excluding carboxylic acids is 1. The van der Waals surface area contributed by atoms with Crippen LogP contribution >= 0.6 is 0 Å². The second-order valence-corrected chi connectivity index (χ2v) is 4.29. The maximum absolute atomic E-state index is 11.4. The Bertz CT molecular complexity index is 472. The fourth-order valence-electron chi connectivity index (χ4n) is 2.12. The normalized spacial score (nSPS) is 17.5. The Kier molecular flexibility index (Phi) is 4.50. The number of carbonyl (C=O) groups is 1. The van der Waals surface area contributed by atoms with Crippen LogP contribution < -0.4 is 0 Å². The van der Waals surface area contributed by atoms with Crippen LogP contribution in [-0.2, 0) is 9.47 Å². The molecule has 5 nitrogen and oxygen atoms in total. The van der Waals surface area contributed by atoms with Crippen LogP contribution in [0.5, 0.6) is 0 Å². The fraction of sp³-hybridized carbons (Fsp3) is 0.429. The average Bonchev–Trinajstić information content (AvgIpc) is 2.49. The predicted molar refractivity (Wildman–Crippen MR) is 68.5 cm³/mol. The molecule has 1 aliphatic rings. The molecule has 1 atom stereocenters. The van der Waals surface area contributed by atoms with Gasteiger partial charge in [0, 0.05) is 13.1 Å². The Morgan fingerprint density at radius 1 is 1.37 bits per heavy atom. The Hall–Kier alpha value is -1.90. The summed E-state index contributed by atoms with van der Waals surface area (Å²) in [6.45, 7) is 2.80. The monoisotopic (exact) mass is 260 g/mol. The van der Waals surface area contributed by atoms with Crippen molar-refractivity contribution in [3.05, 3.63) is 35.4 Å². The lowest BCUT2D eigenvalue weighted by molar-refractivity contribution is 0.0266. The van der Waals surface area contributed by atoms with Crippen LogP contribution in [0.4, 0.5) is 0 Å².